The van der Waals surface area contributed by atoms with Crippen molar-refractivity contribution in [2.75, 3.05) is 20.8 Å². The van der Waals surface area contributed by atoms with E-state index in [1.165, 1.54) is 28.5 Å². The van der Waals surface area contributed by atoms with Crippen LogP contribution in [0.1, 0.15) is 28.7 Å². The van der Waals surface area contributed by atoms with Gasteiger partial charge in [0, 0.05) is 25.3 Å². The zero-order valence-electron chi connectivity index (χ0n) is 22.2. The number of ether oxygens (including phenoxy) is 2. The first-order valence-corrected chi connectivity index (χ1v) is 13.5. The molecular weight excluding hydrogens is 498 g/mol. The lowest BCUT2D eigenvalue weighted by atomic mass is 10.1. The normalized spacial score (nSPS) is 10.9. The Labute approximate surface area is 227 Å². The maximum Gasteiger partial charge on any atom is 0.262 e. The van der Waals surface area contributed by atoms with Crippen LogP contribution >= 0.6 is 11.8 Å². The van der Waals surface area contributed by atoms with Crippen molar-refractivity contribution >= 4 is 28.6 Å². The third kappa shape index (κ3) is 6.55. The molecule has 0 radical (unpaired) electrons. The van der Waals surface area contributed by atoms with Gasteiger partial charge in [0.25, 0.3) is 5.56 Å². The van der Waals surface area contributed by atoms with Crippen molar-refractivity contribution in [1.82, 2.24) is 14.9 Å². The number of hydrogen-bond acceptors (Lipinski definition) is 6. The molecule has 0 saturated heterocycles. The Hall–Kier alpha value is -3.78. The summed E-state index contributed by atoms with van der Waals surface area (Å²) in [4.78, 5) is 30.8. The Kier molecular flexibility index (Phi) is 9.07. The quantitative estimate of drug-likeness (QED) is 0.215. The second kappa shape index (κ2) is 12.6. The van der Waals surface area contributed by atoms with Gasteiger partial charge in [-0.3, -0.25) is 14.2 Å². The number of benzene rings is 3. The molecule has 4 aromatic rings. The Balaban J connectivity index is 1.43. The molecule has 1 aromatic heterocycles. The van der Waals surface area contributed by atoms with E-state index >= 15 is 0 Å². The van der Waals surface area contributed by atoms with Crippen LogP contribution in [0, 0.1) is 13.8 Å². The fourth-order valence-electron chi connectivity index (χ4n) is 4.29. The number of methoxy groups -OCH3 is 2. The summed E-state index contributed by atoms with van der Waals surface area (Å²) < 4.78 is 12.3. The lowest BCUT2D eigenvalue weighted by Crippen LogP contribution is -2.30. The van der Waals surface area contributed by atoms with Crippen LogP contribution in [0.3, 0.4) is 0 Å². The van der Waals surface area contributed by atoms with Crippen LogP contribution in [0.5, 0.6) is 11.5 Å². The number of nitrogens with zero attached hydrogens (tertiary/aromatic N) is 2. The van der Waals surface area contributed by atoms with Crippen molar-refractivity contribution in [3.8, 4) is 11.5 Å². The zero-order valence-corrected chi connectivity index (χ0v) is 23.1. The van der Waals surface area contributed by atoms with Gasteiger partial charge < -0.3 is 14.8 Å². The summed E-state index contributed by atoms with van der Waals surface area (Å²) in [5.41, 5.74) is 5.19. The van der Waals surface area contributed by atoms with Crippen LogP contribution in [0.2, 0.25) is 0 Å². The van der Waals surface area contributed by atoms with E-state index in [1.54, 1.807) is 24.9 Å². The number of aryl methyl sites for hydroxylation is 2. The van der Waals surface area contributed by atoms with Crippen molar-refractivity contribution < 1.29 is 14.3 Å². The Bertz CT molecular complexity index is 1500. The molecule has 0 spiro atoms. The lowest BCUT2D eigenvalue weighted by molar-refractivity contribution is -0.121. The van der Waals surface area contributed by atoms with Crippen LogP contribution in [0.15, 0.2) is 70.6 Å². The minimum atomic E-state index is -0.128. The highest BCUT2D eigenvalue weighted by Gasteiger charge is 2.14. The summed E-state index contributed by atoms with van der Waals surface area (Å²) in [5, 5.41) is 4.13. The average Bonchev–Trinajstić information content (AvgIpc) is 2.92. The molecule has 0 aliphatic heterocycles. The first-order valence-electron chi connectivity index (χ1n) is 12.6. The number of hydrogen-bond donors (Lipinski definition) is 1. The van der Waals surface area contributed by atoms with E-state index in [0.717, 1.165) is 5.56 Å². The molecule has 198 valence electrons. The number of thioether (sulfide) groups is 1. The van der Waals surface area contributed by atoms with Crippen LogP contribution in [0.4, 0.5) is 0 Å². The first kappa shape index (κ1) is 27.3. The molecule has 7 nitrogen and oxygen atoms in total. The minimum Gasteiger partial charge on any atom is -0.493 e. The van der Waals surface area contributed by atoms with E-state index in [9.17, 15) is 9.59 Å². The second-order valence-electron chi connectivity index (χ2n) is 9.13. The highest BCUT2D eigenvalue weighted by Crippen LogP contribution is 2.28. The summed E-state index contributed by atoms with van der Waals surface area (Å²) in [5.74, 6) is 1.90. The van der Waals surface area contributed by atoms with Crippen LogP contribution in [-0.4, -0.2) is 36.2 Å². The summed E-state index contributed by atoms with van der Waals surface area (Å²) in [6.07, 6.45) is 0.837. The smallest absolute Gasteiger partial charge is 0.262 e. The minimum absolute atomic E-state index is 0.115. The van der Waals surface area contributed by atoms with E-state index in [0.29, 0.717) is 46.3 Å². The molecule has 38 heavy (non-hydrogen) atoms. The van der Waals surface area contributed by atoms with Crippen LogP contribution in [0.25, 0.3) is 10.9 Å². The molecular formula is C30H33N3O4S. The van der Waals surface area contributed by atoms with E-state index in [2.05, 4.69) is 37.4 Å². The van der Waals surface area contributed by atoms with Crippen molar-refractivity contribution in [1.29, 1.82) is 0 Å². The summed E-state index contributed by atoms with van der Waals surface area (Å²) in [6.45, 7) is 4.91. The maximum absolute atomic E-state index is 13.4. The van der Waals surface area contributed by atoms with Gasteiger partial charge in [0.15, 0.2) is 16.7 Å². The predicted molar refractivity (Wildman–Crippen MR) is 152 cm³/mol. The molecule has 0 aliphatic carbocycles. The molecule has 4 rings (SSSR count). The van der Waals surface area contributed by atoms with Gasteiger partial charge >= 0.3 is 0 Å². The molecule has 8 heteroatoms. The van der Waals surface area contributed by atoms with Gasteiger partial charge in [-0.05, 0) is 61.2 Å². The fourth-order valence-corrected chi connectivity index (χ4v) is 5.39. The molecule has 1 heterocycles. The molecule has 0 fully saturated rings. The van der Waals surface area contributed by atoms with E-state index in [1.807, 2.05) is 36.4 Å². The Morgan fingerprint density at radius 2 is 1.79 bits per heavy atom. The van der Waals surface area contributed by atoms with Gasteiger partial charge in [0.1, 0.15) is 0 Å². The first-order chi connectivity index (χ1) is 18.4. The Morgan fingerprint density at radius 3 is 2.55 bits per heavy atom. The van der Waals surface area contributed by atoms with Gasteiger partial charge in [-0.25, -0.2) is 4.98 Å². The summed E-state index contributed by atoms with van der Waals surface area (Å²) in [7, 11) is 3.20. The largest absolute Gasteiger partial charge is 0.493 e. The van der Waals surface area contributed by atoms with Gasteiger partial charge in [0.05, 0.1) is 25.1 Å². The highest BCUT2D eigenvalue weighted by atomic mass is 32.2. The monoisotopic (exact) mass is 531 g/mol. The molecule has 0 atom stereocenters. The van der Waals surface area contributed by atoms with Crippen molar-refractivity contribution in [2.24, 2.45) is 0 Å². The highest BCUT2D eigenvalue weighted by molar-refractivity contribution is 7.98. The van der Waals surface area contributed by atoms with Gasteiger partial charge in [-0.1, -0.05) is 53.7 Å². The third-order valence-corrected chi connectivity index (χ3v) is 7.45. The van der Waals surface area contributed by atoms with E-state index in [4.69, 9.17) is 14.5 Å². The number of carbonyl (C=O) groups is 1. The number of para-hydroxylation sites is 1. The van der Waals surface area contributed by atoms with Crippen molar-refractivity contribution in [3.05, 3.63) is 93.3 Å². The third-order valence-electron chi connectivity index (χ3n) is 6.43. The number of carbonyl (C=O) groups excluding carboxylic acids is 1. The second-order valence-corrected chi connectivity index (χ2v) is 10.1. The van der Waals surface area contributed by atoms with E-state index < -0.39 is 0 Å². The molecule has 1 N–H and O–H groups in total. The molecule has 1 amide bonds. The molecule has 0 aliphatic rings. The number of fused-ring (bicyclic) bond motifs is 1. The number of aromatic nitrogens is 2. The summed E-state index contributed by atoms with van der Waals surface area (Å²) in [6, 6.07) is 19.4. The maximum atomic E-state index is 13.4. The molecule has 0 bridgehead atoms. The van der Waals surface area contributed by atoms with Gasteiger partial charge in [-0.15, -0.1) is 0 Å². The van der Waals surface area contributed by atoms with Crippen LogP contribution < -0.4 is 20.3 Å². The standard InChI is InChI=1S/C30H33N3O4S/c1-20-9-11-23(21(2)17-20)19-38-30-32-25-8-6-5-7-24(25)29(35)33(30)16-14-28(34)31-15-13-22-10-12-26(36-3)27(18-22)37-4/h5-12,17-18H,13-16,19H2,1-4H3,(H,31,34). The van der Waals surface area contributed by atoms with Gasteiger partial charge in [-0.2, -0.15) is 0 Å². The van der Waals surface area contributed by atoms with Crippen molar-refractivity contribution in [2.45, 2.75) is 44.1 Å². The number of rotatable bonds is 11. The number of amides is 1. The predicted octanol–water partition coefficient (Wildman–Crippen LogP) is 5.07. The molecule has 0 unspecified atom stereocenters. The molecule has 3 aromatic carbocycles. The SMILES string of the molecule is COc1ccc(CCNC(=O)CCn2c(SCc3ccc(C)cc3C)nc3ccccc3c2=O)cc1OC. The van der Waals surface area contributed by atoms with Crippen LogP contribution in [-0.2, 0) is 23.5 Å². The van der Waals surface area contributed by atoms with Crippen molar-refractivity contribution in [3.63, 3.8) is 0 Å². The Morgan fingerprint density at radius 1 is 1.00 bits per heavy atom. The fraction of sp³-hybridized carbons (Fsp3) is 0.300. The zero-order chi connectivity index (χ0) is 27.1. The lowest BCUT2D eigenvalue weighted by Gasteiger charge is -2.14. The summed E-state index contributed by atoms with van der Waals surface area (Å²) >= 11 is 1.52. The van der Waals surface area contributed by atoms with Gasteiger partial charge in [0.2, 0.25) is 5.91 Å². The average molecular weight is 532 g/mol. The number of nitrogens with one attached hydrogen (secondary N) is 1. The molecule has 0 saturated carbocycles. The topological polar surface area (TPSA) is 82.5 Å². The van der Waals surface area contributed by atoms with E-state index in [-0.39, 0.29) is 24.4 Å².